The van der Waals surface area contributed by atoms with Crippen LogP contribution < -0.4 is 20.1 Å². The van der Waals surface area contributed by atoms with Crippen LogP contribution in [0.1, 0.15) is 24.2 Å². The van der Waals surface area contributed by atoms with E-state index in [-0.39, 0.29) is 24.5 Å². The van der Waals surface area contributed by atoms with Crippen LogP contribution in [-0.4, -0.2) is 24.5 Å². The van der Waals surface area contributed by atoms with Crippen molar-refractivity contribution >= 4 is 23.2 Å². The van der Waals surface area contributed by atoms with E-state index in [4.69, 9.17) is 9.47 Å². The average molecular weight is 404 g/mol. The van der Waals surface area contributed by atoms with Gasteiger partial charge in [-0.2, -0.15) is 0 Å². The van der Waals surface area contributed by atoms with Crippen LogP contribution in [0.5, 0.6) is 11.5 Å². The summed E-state index contributed by atoms with van der Waals surface area (Å²) in [5, 5.41) is 5.59. The van der Waals surface area contributed by atoms with Gasteiger partial charge in [0.2, 0.25) is 0 Å². The molecule has 0 aliphatic heterocycles. The summed E-state index contributed by atoms with van der Waals surface area (Å²) in [5.41, 5.74) is 1.61. The van der Waals surface area contributed by atoms with Crippen molar-refractivity contribution in [2.75, 3.05) is 17.2 Å². The molecule has 30 heavy (non-hydrogen) atoms. The third kappa shape index (κ3) is 6.38. The summed E-state index contributed by atoms with van der Waals surface area (Å²) >= 11 is 0. The molecule has 2 N–H and O–H groups in total. The first-order chi connectivity index (χ1) is 14.5. The predicted molar refractivity (Wildman–Crippen MR) is 117 cm³/mol. The van der Waals surface area contributed by atoms with Gasteiger partial charge in [0.05, 0.1) is 6.10 Å². The van der Waals surface area contributed by atoms with Gasteiger partial charge in [0.15, 0.2) is 6.61 Å². The lowest BCUT2D eigenvalue weighted by atomic mass is 10.2. The van der Waals surface area contributed by atoms with Crippen molar-refractivity contribution < 1.29 is 19.1 Å². The van der Waals surface area contributed by atoms with E-state index in [9.17, 15) is 9.59 Å². The first-order valence-corrected chi connectivity index (χ1v) is 9.65. The maximum absolute atomic E-state index is 12.6. The van der Waals surface area contributed by atoms with Crippen LogP contribution >= 0.6 is 0 Å². The number of amides is 2. The summed E-state index contributed by atoms with van der Waals surface area (Å²) in [6.45, 7) is 3.75. The molecule has 0 saturated heterocycles. The fraction of sp³-hybridized carbons (Fsp3) is 0.167. The van der Waals surface area contributed by atoms with Crippen LogP contribution in [0.3, 0.4) is 0 Å². The zero-order valence-corrected chi connectivity index (χ0v) is 16.9. The smallest absolute Gasteiger partial charge is 0.262 e. The van der Waals surface area contributed by atoms with Gasteiger partial charge in [-0.25, -0.2) is 0 Å². The molecule has 2 amide bonds. The van der Waals surface area contributed by atoms with Gasteiger partial charge in [-0.15, -0.1) is 0 Å². The molecule has 6 heteroatoms. The van der Waals surface area contributed by atoms with Gasteiger partial charge in [0.1, 0.15) is 11.5 Å². The monoisotopic (exact) mass is 404 g/mol. The molecule has 0 aromatic heterocycles. The number of hydrogen-bond acceptors (Lipinski definition) is 4. The highest BCUT2D eigenvalue weighted by atomic mass is 16.5. The van der Waals surface area contributed by atoms with Crippen molar-refractivity contribution in [3.05, 3.63) is 84.4 Å². The molecule has 0 unspecified atom stereocenters. The molecule has 0 radical (unpaired) electrons. The van der Waals surface area contributed by atoms with Crippen molar-refractivity contribution in [1.29, 1.82) is 0 Å². The number of ether oxygens (including phenoxy) is 2. The van der Waals surface area contributed by atoms with Gasteiger partial charge in [-0.05, 0) is 62.4 Å². The van der Waals surface area contributed by atoms with Crippen molar-refractivity contribution in [1.82, 2.24) is 0 Å². The van der Waals surface area contributed by atoms with Gasteiger partial charge in [0, 0.05) is 16.9 Å². The van der Waals surface area contributed by atoms with Gasteiger partial charge >= 0.3 is 0 Å². The highest BCUT2D eigenvalue weighted by Crippen LogP contribution is 2.19. The summed E-state index contributed by atoms with van der Waals surface area (Å²) < 4.78 is 11.1. The molecule has 0 saturated carbocycles. The molecule has 0 fully saturated rings. The largest absolute Gasteiger partial charge is 0.491 e. The Morgan fingerprint density at radius 2 is 1.47 bits per heavy atom. The van der Waals surface area contributed by atoms with E-state index in [1.54, 1.807) is 54.6 Å². The molecular weight excluding hydrogens is 380 g/mol. The third-order valence-corrected chi connectivity index (χ3v) is 3.99. The Hall–Kier alpha value is -3.80. The molecule has 0 heterocycles. The zero-order chi connectivity index (χ0) is 21.3. The van der Waals surface area contributed by atoms with E-state index in [0.717, 1.165) is 0 Å². The maximum Gasteiger partial charge on any atom is 0.262 e. The molecule has 0 atom stereocenters. The second-order valence-corrected chi connectivity index (χ2v) is 6.88. The first kappa shape index (κ1) is 20.9. The Labute approximate surface area is 175 Å². The minimum Gasteiger partial charge on any atom is -0.491 e. The first-order valence-electron chi connectivity index (χ1n) is 9.65. The number of anilines is 2. The predicted octanol–water partition coefficient (Wildman–Crippen LogP) is 4.74. The summed E-state index contributed by atoms with van der Waals surface area (Å²) in [4.78, 5) is 24.7. The van der Waals surface area contributed by atoms with E-state index in [1.807, 2.05) is 38.1 Å². The highest BCUT2D eigenvalue weighted by Gasteiger charge is 2.09. The number of para-hydroxylation sites is 1. The third-order valence-electron chi connectivity index (χ3n) is 3.99. The molecule has 0 aliphatic rings. The number of hydrogen-bond donors (Lipinski definition) is 2. The summed E-state index contributed by atoms with van der Waals surface area (Å²) in [6, 6.07) is 23.0. The number of carbonyl (C=O) groups excluding carboxylic acids is 2. The van der Waals surface area contributed by atoms with Crippen molar-refractivity contribution in [3.63, 3.8) is 0 Å². The van der Waals surface area contributed by atoms with Gasteiger partial charge in [-0.3, -0.25) is 9.59 Å². The van der Waals surface area contributed by atoms with Gasteiger partial charge in [0.25, 0.3) is 11.8 Å². The topological polar surface area (TPSA) is 76.7 Å². The molecule has 0 aliphatic carbocycles. The van der Waals surface area contributed by atoms with Crippen LogP contribution in [0.2, 0.25) is 0 Å². The SMILES string of the molecule is CC(C)Oc1cccc(C(=O)Nc2cccc(NC(=O)COc3ccccc3)c2)c1. The van der Waals surface area contributed by atoms with E-state index in [1.165, 1.54) is 0 Å². The number of nitrogens with one attached hydrogen (secondary N) is 2. The molecule has 3 rings (SSSR count). The fourth-order valence-corrected chi connectivity index (χ4v) is 2.72. The van der Waals surface area contributed by atoms with Crippen LogP contribution in [-0.2, 0) is 4.79 Å². The van der Waals surface area contributed by atoms with Gasteiger partial charge < -0.3 is 20.1 Å². The van der Waals surface area contributed by atoms with Crippen LogP contribution in [0.25, 0.3) is 0 Å². The van der Waals surface area contributed by atoms with Crippen LogP contribution in [0.4, 0.5) is 11.4 Å². The molecule has 0 bridgehead atoms. The molecule has 6 nitrogen and oxygen atoms in total. The van der Waals surface area contributed by atoms with Crippen LogP contribution in [0, 0.1) is 0 Å². The normalized spacial score (nSPS) is 10.4. The minimum atomic E-state index is -0.291. The van der Waals surface area contributed by atoms with E-state index >= 15 is 0 Å². The standard InChI is InChI=1S/C24H24N2O4/c1-17(2)30-22-13-6-8-18(14-22)24(28)26-20-10-7-9-19(15-20)25-23(27)16-29-21-11-4-3-5-12-21/h3-15,17H,16H2,1-2H3,(H,25,27)(H,26,28). The van der Waals surface area contributed by atoms with E-state index in [2.05, 4.69) is 10.6 Å². The van der Waals surface area contributed by atoms with Crippen molar-refractivity contribution in [2.24, 2.45) is 0 Å². The Balaban J connectivity index is 1.58. The van der Waals surface area contributed by atoms with E-state index in [0.29, 0.717) is 28.4 Å². The summed E-state index contributed by atoms with van der Waals surface area (Å²) in [7, 11) is 0. The van der Waals surface area contributed by atoms with E-state index < -0.39 is 0 Å². The average Bonchev–Trinajstić information content (AvgIpc) is 2.73. The lowest BCUT2D eigenvalue weighted by Crippen LogP contribution is -2.20. The quantitative estimate of drug-likeness (QED) is 0.568. The highest BCUT2D eigenvalue weighted by molar-refractivity contribution is 6.05. The number of rotatable bonds is 8. The van der Waals surface area contributed by atoms with Crippen molar-refractivity contribution in [3.8, 4) is 11.5 Å². The summed E-state index contributed by atoms with van der Waals surface area (Å²) in [5.74, 6) is 0.704. The van der Waals surface area contributed by atoms with Crippen molar-refractivity contribution in [2.45, 2.75) is 20.0 Å². The minimum absolute atomic E-state index is 0.0227. The maximum atomic E-state index is 12.6. The Morgan fingerprint density at radius 3 is 2.20 bits per heavy atom. The Bertz CT molecular complexity index is 1000. The zero-order valence-electron chi connectivity index (χ0n) is 16.9. The number of carbonyl (C=O) groups is 2. The lowest BCUT2D eigenvalue weighted by molar-refractivity contribution is -0.118. The second-order valence-electron chi connectivity index (χ2n) is 6.88. The lowest BCUT2D eigenvalue weighted by Gasteiger charge is -2.12. The Kier molecular flexibility index (Phi) is 7.05. The second kappa shape index (κ2) is 10.1. The molecule has 154 valence electrons. The molecule has 0 spiro atoms. The van der Waals surface area contributed by atoms with Gasteiger partial charge in [-0.1, -0.05) is 30.3 Å². The molecule has 3 aromatic carbocycles. The fourth-order valence-electron chi connectivity index (χ4n) is 2.72. The van der Waals surface area contributed by atoms with Crippen LogP contribution in [0.15, 0.2) is 78.9 Å². The Morgan fingerprint density at radius 1 is 0.800 bits per heavy atom. The molecule has 3 aromatic rings. The summed E-state index contributed by atoms with van der Waals surface area (Å²) in [6.07, 6.45) is 0.0227. The molecular formula is C24H24N2O4. The number of benzene rings is 3.